The predicted octanol–water partition coefficient (Wildman–Crippen LogP) is 3.71. The van der Waals surface area contributed by atoms with Crippen molar-refractivity contribution in [3.05, 3.63) is 35.4 Å². The van der Waals surface area contributed by atoms with E-state index in [2.05, 4.69) is 17.3 Å². The second kappa shape index (κ2) is 8.44. The third-order valence-corrected chi connectivity index (χ3v) is 4.38. The van der Waals surface area contributed by atoms with E-state index in [0.717, 1.165) is 31.1 Å². The first kappa shape index (κ1) is 16.4. The number of benzene rings is 1. The quantitative estimate of drug-likeness (QED) is 0.772. The summed E-state index contributed by atoms with van der Waals surface area (Å²) in [4.78, 5) is 2.47. The Hall–Kier alpha value is -1.00. The highest BCUT2D eigenvalue weighted by Crippen LogP contribution is 2.21. The van der Waals surface area contributed by atoms with E-state index >= 15 is 0 Å². The molecule has 1 fully saturated rings. The summed E-state index contributed by atoms with van der Waals surface area (Å²) in [5, 5.41) is 3.29. The first-order valence-corrected chi connectivity index (χ1v) is 8.01. The molecule has 1 aromatic rings. The Bertz CT molecular complexity index is 431. The average molecular weight is 296 g/mol. The maximum atomic E-state index is 13.1. The SMILES string of the molecule is CN(CCCNCc1ccc(F)c(F)c1)C1CCCCC1. The number of hydrogen-bond donors (Lipinski definition) is 1. The fourth-order valence-corrected chi connectivity index (χ4v) is 3.04. The first-order chi connectivity index (χ1) is 10.2. The molecule has 0 heterocycles. The second-order valence-corrected chi connectivity index (χ2v) is 6.05. The van der Waals surface area contributed by atoms with Crippen molar-refractivity contribution in [3.63, 3.8) is 0 Å². The van der Waals surface area contributed by atoms with Crippen molar-refractivity contribution in [1.82, 2.24) is 10.2 Å². The van der Waals surface area contributed by atoms with E-state index in [4.69, 9.17) is 0 Å². The number of halogens is 2. The lowest BCUT2D eigenvalue weighted by Crippen LogP contribution is -2.35. The van der Waals surface area contributed by atoms with Crippen LogP contribution in [0.2, 0.25) is 0 Å². The van der Waals surface area contributed by atoms with Crippen LogP contribution >= 0.6 is 0 Å². The van der Waals surface area contributed by atoms with Crippen LogP contribution in [0.3, 0.4) is 0 Å². The Kier molecular flexibility index (Phi) is 6.58. The first-order valence-electron chi connectivity index (χ1n) is 8.01. The molecule has 21 heavy (non-hydrogen) atoms. The molecule has 1 N–H and O–H groups in total. The largest absolute Gasteiger partial charge is 0.313 e. The number of nitrogens with zero attached hydrogens (tertiary/aromatic N) is 1. The fourth-order valence-electron chi connectivity index (χ4n) is 3.04. The number of rotatable bonds is 7. The zero-order valence-electron chi connectivity index (χ0n) is 12.9. The van der Waals surface area contributed by atoms with Crippen LogP contribution in [-0.2, 0) is 6.54 Å². The van der Waals surface area contributed by atoms with Crippen LogP contribution in [0, 0.1) is 11.6 Å². The predicted molar refractivity (Wildman–Crippen MR) is 82.2 cm³/mol. The standard InChI is InChI=1S/C17H26F2N2/c1-21(15-6-3-2-4-7-15)11-5-10-20-13-14-8-9-16(18)17(19)12-14/h8-9,12,15,20H,2-7,10-11,13H2,1H3. The van der Waals surface area contributed by atoms with Crippen molar-refractivity contribution in [3.8, 4) is 0 Å². The summed E-state index contributed by atoms with van der Waals surface area (Å²) < 4.78 is 25.9. The van der Waals surface area contributed by atoms with E-state index in [0.29, 0.717) is 6.54 Å². The smallest absolute Gasteiger partial charge is 0.159 e. The molecule has 2 rings (SSSR count). The maximum Gasteiger partial charge on any atom is 0.159 e. The Morgan fingerprint density at radius 3 is 2.62 bits per heavy atom. The Morgan fingerprint density at radius 2 is 1.90 bits per heavy atom. The molecular formula is C17H26F2N2. The highest BCUT2D eigenvalue weighted by molar-refractivity contribution is 5.17. The van der Waals surface area contributed by atoms with E-state index in [1.165, 1.54) is 44.2 Å². The summed E-state index contributed by atoms with van der Waals surface area (Å²) >= 11 is 0. The Labute approximate surface area is 126 Å². The monoisotopic (exact) mass is 296 g/mol. The summed E-state index contributed by atoms with van der Waals surface area (Å²) in [7, 11) is 2.21. The van der Waals surface area contributed by atoms with Gasteiger partial charge in [0, 0.05) is 12.6 Å². The molecule has 0 saturated heterocycles. The lowest BCUT2D eigenvalue weighted by atomic mass is 9.94. The molecule has 0 bridgehead atoms. The maximum absolute atomic E-state index is 13.1. The number of hydrogen-bond acceptors (Lipinski definition) is 2. The van der Waals surface area contributed by atoms with Crippen LogP contribution in [-0.4, -0.2) is 31.1 Å². The molecule has 0 atom stereocenters. The second-order valence-electron chi connectivity index (χ2n) is 6.05. The van der Waals surface area contributed by atoms with Crippen molar-refractivity contribution in [2.24, 2.45) is 0 Å². The minimum atomic E-state index is -0.784. The average Bonchev–Trinajstić information content (AvgIpc) is 2.51. The van der Waals surface area contributed by atoms with Gasteiger partial charge in [-0.25, -0.2) is 8.78 Å². The van der Waals surface area contributed by atoms with Gasteiger partial charge >= 0.3 is 0 Å². The molecule has 1 saturated carbocycles. The Morgan fingerprint density at radius 1 is 1.14 bits per heavy atom. The van der Waals surface area contributed by atoms with Gasteiger partial charge in [-0.1, -0.05) is 25.3 Å². The minimum absolute atomic E-state index is 0.588. The summed E-state index contributed by atoms with van der Waals surface area (Å²) in [5.74, 6) is -1.56. The lowest BCUT2D eigenvalue weighted by Gasteiger charge is -2.31. The lowest BCUT2D eigenvalue weighted by molar-refractivity contribution is 0.189. The molecule has 1 aromatic carbocycles. The number of nitrogens with one attached hydrogen (secondary N) is 1. The van der Waals surface area contributed by atoms with Crippen LogP contribution in [0.4, 0.5) is 8.78 Å². The van der Waals surface area contributed by atoms with E-state index < -0.39 is 11.6 Å². The van der Waals surface area contributed by atoms with Gasteiger partial charge in [-0.2, -0.15) is 0 Å². The fraction of sp³-hybridized carbons (Fsp3) is 0.647. The third-order valence-electron chi connectivity index (χ3n) is 4.38. The normalized spacial score (nSPS) is 16.6. The Balaban J connectivity index is 1.60. The van der Waals surface area contributed by atoms with Gasteiger partial charge in [0.25, 0.3) is 0 Å². The molecule has 118 valence electrons. The zero-order valence-corrected chi connectivity index (χ0v) is 12.9. The molecule has 1 aliphatic rings. The molecule has 2 nitrogen and oxygen atoms in total. The van der Waals surface area contributed by atoms with Gasteiger partial charge in [-0.05, 0) is 57.1 Å². The van der Waals surface area contributed by atoms with Gasteiger partial charge in [-0.3, -0.25) is 0 Å². The summed E-state index contributed by atoms with van der Waals surface area (Å²) in [5.41, 5.74) is 0.787. The highest BCUT2D eigenvalue weighted by Gasteiger charge is 2.17. The molecule has 0 amide bonds. The van der Waals surface area contributed by atoms with E-state index in [1.807, 2.05) is 0 Å². The molecule has 0 radical (unpaired) electrons. The van der Waals surface area contributed by atoms with Gasteiger partial charge in [0.05, 0.1) is 0 Å². The van der Waals surface area contributed by atoms with Gasteiger partial charge in [-0.15, -0.1) is 0 Å². The molecule has 4 heteroatoms. The van der Waals surface area contributed by atoms with Gasteiger partial charge in [0.2, 0.25) is 0 Å². The van der Waals surface area contributed by atoms with Gasteiger partial charge in [0.15, 0.2) is 11.6 Å². The van der Waals surface area contributed by atoms with Gasteiger partial charge in [0.1, 0.15) is 0 Å². The third kappa shape index (κ3) is 5.36. The van der Waals surface area contributed by atoms with Crippen molar-refractivity contribution < 1.29 is 8.78 Å². The molecule has 0 aromatic heterocycles. The summed E-state index contributed by atoms with van der Waals surface area (Å²) in [6.45, 7) is 2.58. The van der Waals surface area contributed by atoms with Crippen molar-refractivity contribution in [2.45, 2.75) is 51.1 Å². The molecular weight excluding hydrogens is 270 g/mol. The molecule has 0 spiro atoms. The molecule has 0 aliphatic heterocycles. The van der Waals surface area contributed by atoms with Crippen LogP contribution in [0.5, 0.6) is 0 Å². The zero-order chi connectivity index (χ0) is 15.1. The van der Waals surface area contributed by atoms with Crippen LogP contribution in [0.1, 0.15) is 44.1 Å². The summed E-state index contributed by atoms with van der Waals surface area (Å²) in [6.07, 6.45) is 7.86. The van der Waals surface area contributed by atoms with E-state index in [9.17, 15) is 8.78 Å². The minimum Gasteiger partial charge on any atom is -0.313 e. The van der Waals surface area contributed by atoms with E-state index in [-0.39, 0.29) is 0 Å². The van der Waals surface area contributed by atoms with Crippen LogP contribution in [0.25, 0.3) is 0 Å². The summed E-state index contributed by atoms with van der Waals surface area (Å²) in [6, 6.07) is 4.82. The molecule has 1 aliphatic carbocycles. The van der Waals surface area contributed by atoms with Crippen molar-refractivity contribution in [2.75, 3.05) is 20.1 Å². The highest BCUT2D eigenvalue weighted by atomic mass is 19.2. The topological polar surface area (TPSA) is 15.3 Å². The van der Waals surface area contributed by atoms with E-state index in [1.54, 1.807) is 6.07 Å². The molecule has 0 unspecified atom stereocenters. The van der Waals surface area contributed by atoms with Gasteiger partial charge < -0.3 is 10.2 Å². The van der Waals surface area contributed by atoms with Crippen molar-refractivity contribution in [1.29, 1.82) is 0 Å². The van der Waals surface area contributed by atoms with Crippen LogP contribution < -0.4 is 5.32 Å². The van der Waals surface area contributed by atoms with Crippen LogP contribution in [0.15, 0.2) is 18.2 Å². The van der Waals surface area contributed by atoms with Crippen molar-refractivity contribution >= 4 is 0 Å².